The fourth-order valence-electron chi connectivity index (χ4n) is 3.36. The standard InChI is InChI=1S/C21H18FN5O3/c1-4-15-24-21(26-25-15)27-10-9-14-18(19(27)28)17(12-5-7-13(22)8-6-12)16(11(2)23-14)20(29)30-3/h5-10H,4H2,1-3H3,(H,24,25,26). The van der Waals surface area contributed by atoms with Crippen LogP contribution >= 0.6 is 0 Å². The number of hydrogen-bond acceptors (Lipinski definition) is 6. The van der Waals surface area contributed by atoms with Crippen molar-refractivity contribution in [2.45, 2.75) is 20.3 Å². The molecule has 0 aliphatic heterocycles. The van der Waals surface area contributed by atoms with Crippen LogP contribution in [0.4, 0.5) is 4.39 Å². The molecule has 1 aromatic carbocycles. The molecule has 3 aromatic heterocycles. The highest BCUT2D eigenvalue weighted by atomic mass is 19.1. The van der Waals surface area contributed by atoms with Gasteiger partial charge in [0.05, 0.1) is 29.3 Å². The number of halogens is 1. The minimum Gasteiger partial charge on any atom is -0.465 e. The third-order valence-electron chi connectivity index (χ3n) is 4.81. The summed E-state index contributed by atoms with van der Waals surface area (Å²) >= 11 is 0. The van der Waals surface area contributed by atoms with Gasteiger partial charge in [0, 0.05) is 18.2 Å². The fourth-order valence-corrected chi connectivity index (χ4v) is 3.36. The zero-order valence-corrected chi connectivity index (χ0v) is 16.6. The van der Waals surface area contributed by atoms with Crippen molar-refractivity contribution in [2.24, 2.45) is 0 Å². The van der Waals surface area contributed by atoms with Crippen molar-refractivity contribution in [3.05, 3.63) is 69.8 Å². The van der Waals surface area contributed by atoms with Crippen LogP contribution in [0.3, 0.4) is 0 Å². The lowest BCUT2D eigenvalue weighted by Crippen LogP contribution is -2.21. The molecule has 3 heterocycles. The van der Waals surface area contributed by atoms with Crippen LogP contribution in [0.5, 0.6) is 0 Å². The maximum Gasteiger partial charge on any atom is 0.340 e. The van der Waals surface area contributed by atoms with Gasteiger partial charge in [0.25, 0.3) is 11.5 Å². The first kappa shape index (κ1) is 19.4. The normalized spacial score (nSPS) is 11.1. The van der Waals surface area contributed by atoms with E-state index in [1.54, 1.807) is 13.0 Å². The topological polar surface area (TPSA) is 103 Å². The number of carbonyl (C=O) groups is 1. The van der Waals surface area contributed by atoms with Crippen LogP contribution in [0.1, 0.15) is 28.8 Å². The molecule has 4 rings (SSSR count). The zero-order chi connectivity index (χ0) is 21.4. The van der Waals surface area contributed by atoms with Gasteiger partial charge < -0.3 is 4.74 Å². The third-order valence-corrected chi connectivity index (χ3v) is 4.81. The van der Waals surface area contributed by atoms with Crippen molar-refractivity contribution in [1.82, 2.24) is 24.7 Å². The first-order valence-corrected chi connectivity index (χ1v) is 9.26. The van der Waals surface area contributed by atoms with E-state index in [0.29, 0.717) is 34.6 Å². The molecule has 0 saturated carbocycles. The maximum atomic E-state index is 13.5. The highest BCUT2D eigenvalue weighted by Gasteiger charge is 2.24. The van der Waals surface area contributed by atoms with E-state index in [2.05, 4.69) is 20.2 Å². The predicted octanol–water partition coefficient (Wildman–Crippen LogP) is 2.97. The Morgan fingerprint density at radius 3 is 2.57 bits per heavy atom. The Labute approximate surface area is 170 Å². The van der Waals surface area contributed by atoms with Gasteiger partial charge in [0.15, 0.2) is 0 Å². The van der Waals surface area contributed by atoms with Gasteiger partial charge in [-0.25, -0.2) is 13.8 Å². The molecule has 0 atom stereocenters. The summed E-state index contributed by atoms with van der Waals surface area (Å²) in [5, 5.41) is 7.07. The summed E-state index contributed by atoms with van der Waals surface area (Å²) in [6.07, 6.45) is 2.16. The van der Waals surface area contributed by atoms with E-state index in [0.717, 1.165) is 0 Å². The monoisotopic (exact) mass is 407 g/mol. The molecular weight excluding hydrogens is 389 g/mol. The lowest BCUT2D eigenvalue weighted by molar-refractivity contribution is 0.0600. The molecule has 0 radical (unpaired) electrons. The number of aromatic amines is 1. The molecule has 0 saturated heterocycles. The molecule has 8 nitrogen and oxygen atoms in total. The van der Waals surface area contributed by atoms with Gasteiger partial charge in [0.1, 0.15) is 11.6 Å². The van der Waals surface area contributed by atoms with Crippen LogP contribution in [0.15, 0.2) is 41.3 Å². The van der Waals surface area contributed by atoms with Crippen molar-refractivity contribution < 1.29 is 13.9 Å². The second-order valence-corrected chi connectivity index (χ2v) is 6.63. The van der Waals surface area contributed by atoms with Gasteiger partial charge >= 0.3 is 5.97 Å². The average Bonchev–Trinajstić information content (AvgIpc) is 3.22. The second-order valence-electron chi connectivity index (χ2n) is 6.63. The molecule has 0 aliphatic rings. The first-order chi connectivity index (χ1) is 14.4. The van der Waals surface area contributed by atoms with Crippen molar-refractivity contribution in [2.75, 3.05) is 7.11 Å². The van der Waals surface area contributed by atoms with Crippen LogP contribution < -0.4 is 5.56 Å². The second kappa shape index (κ2) is 7.51. The quantitative estimate of drug-likeness (QED) is 0.522. The van der Waals surface area contributed by atoms with Crippen LogP contribution in [0.2, 0.25) is 0 Å². The van der Waals surface area contributed by atoms with E-state index in [1.807, 2.05) is 6.92 Å². The molecular formula is C21H18FN5O3. The summed E-state index contributed by atoms with van der Waals surface area (Å²) in [4.78, 5) is 34.8. The van der Waals surface area contributed by atoms with Crippen LogP contribution in [-0.2, 0) is 11.2 Å². The number of esters is 1. The summed E-state index contributed by atoms with van der Waals surface area (Å²) in [5.74, 6) is -0.252. The molecule has 9 heteroatoms. The van der Waals surface area contributed by atoms with E-state index in [9.17, 15) is 14.0 Å². The van der Waals surface area contributed by atoms with Crippen molar-refractivity contribution in [3.63, 3.8) is 0 Å². The van der Waals surface area contributed by atoms with E-state index in [1.165, 1.54) is 42.1 Å². The molecule has 30 heavy (non-hydrogen) atoms. The molecule has 0 spiro atoms. The minimum absolute atomic E-state index is 0.149. The molecule has 152 valence electrons. The Balaban J connectivity index is 2.12. The van der Waals surface area contributed by atoms with Gasteiger partial charge in [-0.1, -0.05) is 19.1 Å². The molecule has 0 aliphatic carbocycles. The van der Waals surface area contributed by atoms with Crippen molar-refractivity contribution >= 4 is 16.9 Å². The van der Waals surface area contributed by atoms with Gasteiger partial charge in [-0.05, 0) is 30.7 Å². The van der Waals surface area contributed by atoms with Crippen LogP contribution in [-0.4, -0.2) is 37.8 Å². The molecule has 0 fully saturated rings. The van der Waals surface area contributed by atoms with Crippen LogP contribution in [0, 0.1) is 12.7 Å². The molecule has 0 amide bonds. The number of pyridine rings is 2. The summed E-state index contributed by atoms with van der Waals surface area (Å²) in [5.41, 5.74) is 1.31. The molecule has 0 bridgehead atoms. The van der Waals surface area contributed by atoms with Crippen molar-refractivity contribution in [3.8, 4) is 17.1 Å². The first-order valence-electron chi connectivity index (χ1n) is 9.26. The number of nitrogens with one attached hydrogen (secondary N) is 1. The number of benzene rings is 1. The summed E-state index contributed by atoms with van der Waals surface area (Å²) < 4.78 is 19.7. The lowest BCUT2D eigenvalue weighted by atomic mass is 9.95. The van der Waals surface area contributed by atoms with E-state index < -0.39 is 17.3 Å². The number of rotatable bonds is 4. The zero-order valence-electron chi connectivity index (χ0n) is 16.6. The van der Waals surface area contributed by atoms with Crippen LogP contribution in [0.25, 0.3) is 28.0 Å². The Morgan fingerprint density at radius 2 is 1.93 bits per heavy atom. The Hall–Kier alpha value is -3.88. The third kappa shape index (κ3) is 3.14. The van der Waals surface area contributed by atoms with Crippen molar-refractivity contribution in [1.29, 1.82) is 0 Å². The summed E-state index contributed by atoms with van der Waals surface area (Å²) in [6, 6.07) is 7.20. The van der Waals surface area contributed by atoms with E-state index in [4.69, 9.17) is 4.74 Å². The summed E-state index contributed by atoms with van der Waals surface area (Å²) in [6.45, 7) is 3.57. The fraction of sp³-hybridized carbons (Fsp3) is 0.190. The number of aryl methyl sites for hydroxylation is 2. The number of fused-ring (bicyclic) bond motifs is 1. The molecule has 1 N–H and O–H groups in total. The summed E-state index contributed by atoms with van der Waals surface area (Å²) in [7, 11) is 1.25. The Kier molecular flexibility index (Phi) is 4.86. The Bertz CT molecular complexity index is 1330. The number of nitrogens with zero attached hydrogens (tertiary/aromatic N) is 4. The highest BCUT2D eigenvalue weighted by molar-refractivity contribution is 6.07. The number of carbonyl (C=O) groups excluding carboxylic acids is 1. The number of methoxy groups -OCH3 is 1. The number of H-pyrrole nitrogens is 1. The number of aromatic nitrogens is 5. The predicted molar refractivity (Wildman–Crippen MR) is 108 cm³/mol. The van der Waals surface area contributed by atoms with E-state index in [-0.39, 0.29) is 16.9 Å². The molecule has 0 unspecified atom stereocenters. The largest absolute Gasteiger partial charge is 0.465 e. The van der Waals surface area contributed by atoms with Gasteiger partial charge in [0.2, 0.25) is 0 Å². The van der Waals surface area contributed by atoms with Gasteiger partial charge in [-0.2, -0.15) is 4.98 Å². The minimum atomic E-state index is -0.637. The smallest absolute Gasteiger partial charge is 0.340 e. The van der Waals surface area contributed by atoms with Gasteiger partial charge in [-0.3, -0.25) is 14.9 Å². The highest BCUT2D eigenvalue weighted by Crippen LogP contribution is 2.32. The number of hydrogen-bond donors (Lipinski definition) is 1. The van der Waals surface area contributed by atoms with Gasteiger partial charge in [-0.15, -0.1) is 5.10 Å². The lowest BCUT2D eigenvalue weighted by Gasteiger charge is -2.14. The number of ether oxygens (including phenoxy) is 1. The maximum absolute atomic E-state index is 13.5. The molecule has 4 aromatic rings. The average molecular weight is 407 g/mol. The van der Waals surface area contributed by atoms with E-state index >= 15 is 0 Å². The SMILES string of the molecule is CCc1nc(-n2ccc3nc(C)c(C(=O)OC)c(-c4ccc(F)cc4)c3c2=O)n[nH]1. The Morgan fingerprint density at radius 1 is 1.20 bits per heavy atom.